The van der Waals surface area contributed by atoms with Gasteiger partial charge in [-0.2, -0.15) is 13.2 Å². The lowest BCUT2D eigenvalue weighted by molar-refractivity contribution is -0.137. The van der Waals surface area contributed by atoms with Gasteiger partial charge >= 0.3 is 12.2 Å². The zero-order valence-corrected chi connectivity index (χ0v) is 14.0. The second-order valence-electron chi connectivity index (χ2n) is 6.56. The van der Waals surface area contributed by atoms with E-state index < -0.39 is 28.2 Å². The molecule has 2 aliphatic heterocycles. The van der Waals surface area contributed by atoms with Crippen molar-refractivity contribution >= 4 is 23.3 Å². The van der Waals surface area contributed by atoms with Gasteiger partial charge in [-0.1, -0.05) is 11.6 Å². The number of carbonyl (C=O) groups is 1. The summed E-state index contributed by atoms with van der Waals surface area (Å²) in [5.74, 6) is 0.118. The molecule has 2 fully saturated rings. The van der Waals surface area contributed by atoms with E-state index in [1.165, 1.54) is 11.0 Å². The van der Waals surface area contributed by atoms with Crippen molar-refractivity contribution in [2.24, 2.45) is 11.3 Å². The van der Waals surface area contributed by atoms with Crippen LogP contribution in [0.2, 0.25) is 5.02 Å². The average Bonchev–Trinajstić information content (AvgIpc) is 2.96. The van der Waals surface area contributed by atoms with Crippen LogP contribution in [0.15, 0.2) is 18.2 Å². The standard InChI is InChI=1S/C16H18ClF3N2O3/c17-13-2-1-11(5-12(13)16(18,19)20)21-14(24)22-6-10-3-4-25-9-15(10,7-22)8-23/h1-2,5,10,23H,3-4,6-9H2,(H,21,24)/t10-,15+/m0/s1. The molecule has 0 saturated carbocycles. The molecular weight excluding hydrogens is 361 g/mol. The number of fused-ring (bicyclic) bond motifs is 1. The van der Waals surface area contributed by atoms with E-state index in [9.17, 15) is 23.1 Å². The van der Waals surface area contributed by atoms with Gasteiger partial charge < -0.3 is 20.1 Å². The summed E-state index contributed by atoms with van der Waals surface area (Å²) in [6.07, 6.45) is -3.86. The Morgan fingerprint density at radius 3 is 2.88 bits per heavy atom. The third kappa shape index (κ3) is 3.56. The first-order valence-corrected chi connectivity index (χ1v) is 8.24. The molecule has 0 spiro atoms. The topological polar surface area (TPSA) is 61.8 Å². The zero-order valence-electron chi connectivity index (χ0n) is 13.3. The van der Waals surface area contributed by atoms with E-state index >= 15 is 0 Å². The molecule has 5 nitrogen and oxygen atoms in total. The molecule has 3 rings (SSSR count). The number of aliphatic hydroxyl groups excluding tert-OH is 1. The van der Waals surface area contributed by atoms with Crippen LogP contribution >= 0.6 is 11.6 Å². The predicted octanol–water partition coefficient (Wildman–Crippen LogP) is 3.22. The normalized spacial score (nSPS) is 26.4. The summed E-state index contributed by atoms with van der Waals surface area (Å²) >= 11 is 5.58. The number of hydrogen-bond acceptors (Lipinski definition) is 3. The molecule has 0 aliphatic carbocycles. The Balaban J connectivity index is 1.73. The number of likely N-dealkylation sites (tertiary alicyclic amines) is 1. The van der Waals surface area contributed by atoms with Crippen LogP contribution in [0.5, 0.6) is 0 Å². The molecule has 2 heterocycles. The molecule has 0 radical (unpaired) electrons. The minimum atomic E-state index is -4.60. The molecule has 138 valence electrons. The van der Waals surface area contributed by atoms with Gasteiger partial charge in [-0.05, 0) is 30.5 Å². The molecule has 2 aliphatic rings. The summed E-state index contributed by atoms with van der Waals surface area (Å²) in [5.41, 5.74) is -1.47. The Hall–Kier alpha value is -1.51. The summed E-state index contributed by atoms with van der Waals surface area (Å²) in [6.45, 7) is 1.60. The number of anilines is 1. The van der Waals surface area contributed by atoms with Crippen LogP contribution in [-0.4, -0.2) is 48.9 Å². The molecule has 2 saturated heterocycles. The third-order valence-electron chi connectivity index (χ3n) is 4.94. The van der Waals surface area contributed by atoms with Gasteiger partial charge in [-0.25, -0.2) is 4.79 Å². The highest BCUT2D eigenvalue weighted by Gasteiger charge is 2.49. The molecule has 2 atom stereocenters. The predicted molar refractivity (Wildman–Crippen MR) is 85.5 cm³/mol. The van der Waals surface area contributed by atoms with Gasteiger partial charge in [0.15, 0.2) is 0 Å². The van der Waals surface area contributed by atoms with Gasteiger partial charge in [0.05, 0.1) is 23.8 Å². The minimum Gasteiger partial charge on any atom is -0.396 e. The number of alkyl halides is 3. The lowest BCUT2D eigenvalue weighted by atomic mass is 9.76. The van der Waals surface area contributed by atoms with Crippen molar-refractivity contribution in [3.8, 4) is 0 Å². The zero-order chi connectivity index (χ0) is 18.2. The molecule has 0 aromatic heterocycles. The first kappa shape index (κ1) is 18.3. The Bertz CT molecular complexity index is 671. The number of amides is 2. The fraction of sp³-hybridized carbons (Fsp3) is 0.562. The second-order valence-corrected chi connectivity index (χ2v) is 6.97. The van der Waals surface area contributed by atoms with Crippen LogP contribution in [0, 0.1) is 11.3 Å². The van der Waals surface area contributed by atoms with Crippen molar-refractivity contribution in [1.82, 2.24) is 4.90 Å². The summed E-state index contributed by atoms with van der Waals surface area (Å²) in [6, 6.07) is 2.74. The summed E-state index contributed by atoms with van der Waals surface area (Å²) < 4.78 is 44.2. The van der Waals surface area contributed by atoms with Crippen LogP contribution in [0.1, 0.15) is 12.0 Å². The van der Waals surface area contributed by atoms with E-state index in [0.29, 0.717) is 26.3 Å². The highest BCUT2D eigenvalue weighted by molar-refractivity contribution is 6.31. The van der Waals surface area contributed by atoms with E-state index in [1.54, 1.807) is 0 Å². The summed E-state index contributed by atoms with van der Waals surface area (Å²) in [7, 11) is 0. The number of nitrogens with one attached hydrogen (secondary N) is 1. The van der Waals surface area contributed by atoms with E-state index in [-0.39, 0.29) is 18.2 Å². The first-order chi connectivity index (χ1) is 11.7. The average molecular weight is 379 g/mol. The second kappa shape index (κ2) is 6.66. The number of aliphatic hydroxyl groups is 1. The van der Waals surface area contributed by atoms with E-state index in [0.717, 1.165) is 18.6 Å². The molecular formula is C16H18ClF3N2O3. The summed E-state index contributed by atoms with van der Waals surface area (Å²) in [4.78, 5) is 14.0. The smallest absolute Gasteiger partial charge is 0.396 e. The Morgan fingerprint density at radius 2 is 2.24 bits per heavy atom. The van der Waals surface area contributed by atoms with E-state index in [2.05, 4.69) is 5.32 Å². The van der Waals surface area contributed by atoms with Gasteiger partial charge in [0.2, 0.25) is 0 Å². The van der Waals surface area contributed by atoms with Crippen molar-refractivity contribution in [3.63, 3.8) is 0 Å². The number of urea groups is 1. The fourth-order valence-electron chi connectivity index (χ4n) is 3.50. The number of carbonyl (C=O) groups excluding carboxylic acids is 1. The first-order valence-electron chi connectivity index (χ1n) is 7.86. The molecule has 2 N–H and O–H groups in total. The number of nitrogens with zero attached hydrogens (tertiary/aromatic N) is 1. The molecule has 1 aromatic rings. The van der Waals surface area contributed by atoms with E-state index in [4.69, 9.17) is 16.3 Å². The summed E-state index contributed by atoms with van der Waals surface area (Å²) in [5, 5.41) is 11.8. The molecule has 9 heteroatoms. The Morgan fingerprint density at radius 1 is 1.48 bits per heavy atom. The third-order valence-corrected chi connectivity index (χ3v) is 5.27. The molecule has 0 unspecified atom stereocenters. The van der Waals surface area contributed by atoms with Crippen molar-refractivity contribution in [1.29, 1.82) is 0 Å². The SMILES string of the molecule is O=C(Nc1ccc(Cl)c(C(F)(F)F)c1)N1C[C@@H]2CCOC[C@]2(CO)C1. The van der Waals surface area contributed by atoms with Crippen LogP contribution in [0.4, 0.5) is 23.7 Å². The number of benzene rings is 1. The number of halogens is 4. The Labute approximate surface area is 147 Å². The van der Waals surface area contributed by atoms with Crippen LogP contribution in [0.3, 0.4) is 0 Å². The molecule has 25 heavy (non-hydrogen) atoms. The van der Waals surface area contributed by atoms with Gasteiger partial charge in [0.1, 0.15) is 0 Å². The molecule has 2 amide bonds. The number of rotatable bonds is 2. The van der Waals surface area contributed by atoms with Gasteiger partial charge in [-0.3, -0.25) is 0 Å². The highest BCUT2D eigenvalue weighted by Crippen LogP contribution is 2.41. The van der Waals surface area contributed by atoms with Gasteiger partial charge in [0, 0.05) is 30.8 Å². The lowest BCUT2D eigenvalue weighted by Crippen LogP contribution is -2.43. The Kier molecular flexibility index (Phi) is 4.87. The van der Waals surface area contributed by atoms with Crippen molar-refractivity contribution in [2.45, 2.75) is 12.6 Å². The lowest BCUT2D eigenvalue weighted by Gasteiger charge is -2.36. The largest absolute Gasteiger partial charge is 0.417 e. The maximum atomic E-state index is 12.9. The molecule has 0 bridgehead atoms. The van der Waals surface area contributed by atoms with Crippen LogP contribution < -0.4 is 5.32 Å². The van der Waals surface area contributed by atoms with E-state index in [1.807, 2.05) is 0 Å². The minimum absolute atomic E-state index is 0.0193. The van der Waals surface area contributed by atoms with Crippen LogP contribution in [0.25, 0.3) is 0 Å². The van der Waals surface area contributed by atoms with Crippen molar-refractivity contribution in [3.05, 3.63) is 28.8 Å². The molecule has 1 aromatic carbocycles. The number of ether oxygens (including phenoxy) is 1. The fourth-order valence-corrected chi connectivity index (χ4v) is 3.72. The monoisotopic (exact) mass is 378 g/mol. The van der Waals surface area contributed by atoms with Gasteiger partial charge in [-0.15, -0.1) is 0 Å². The van der Waals surface area contributed by atoms with Crippen LogP contribution in [-0.2, 0) is 10.9 Å². The number of hydrogen-bond donors (Lipinski definition) is 2. The highest BCUT2D eigenvalue weighted by atomic mass is 35.5. The van der Waals surface area contributed by atoms with Crippen molar-refractivity contribution < 1.29 is 27.8 Å². The van der Waals surface area contributed by atoms with Crippen molar-refractivity contribution in [2.75, 3.05) is 38.2 Å². The maximum absolute atomic E-state index is 12.9. The quantitative estimate of drug-likeness (QED) is 0.830. The van der Waals surface area contributed by atoms with Gasteiger partial charge in [0.25, 0.3) is 0 Å². The maximum Gasteiger partial charge on any atom is 0.417 e.